The minimum atomic E-state index is -0.917. The molecule has 0 heterocycles. The second-order valence-electron chi connectivity index (χ2n) is 5.63. The number of methoxy groups -OCH3 is 1. The Balaban J connectivity index is 2.40. The Morgan fingerprint density at radius 2 is 1.81 bits per heavy atom. The van der Waals surface area contributed by atoms with Gasteiger partial charge in [-0.05, 0) is 42.4 Å². The molecule has 2 rings (SSSR count). The summed E-state index contributed by atoms with van der Waals surface area (Å²) in [6, 6.07) is 7.72. The zero-order valence-electron chi connectivity index (χ0n) is 12.1. The van der Waals surface area contributed by atoms with Gasteiger partial charge in [0.15, 0.2) is 0 Å². The largest absolute Gasteiger partial charge is 0.481 e. The summed E-state index contributed by atoms with van der Waals surface area (Å²) in [6.45, 7) is 1.90. The summed E-state index contributed by atoms with van der Waals surface area (Å²) in [7, 11) is 1.32. The molecule has 1 saturated carbocycles. The monoisotopic (exact) mass is 354 g/mol. The molecule has 4 nitrogen and oxygen atoms in total. The van der Waals surface area contributed by atoms with Crippen molar-refractivity contribution in [1.82, 2.24) is 0 Å². The molecule has 1 N–H and O–H groups in total. The molecule has 0 saturated heterocycles. The fraction of sp³-hybridized carbons (Fsp3) is 0.500. The van der Waals surface area contributed by atoms with Crippen LogP contribution in [0.5, 0.6) is 0 Å². The van der Waals surface area contributed by atoms with E-state index < -0.39 is 23.8 Å². The van der Waals surface area contributed by atoms with Crippen LogP contribution in [-0.4, -0.2) is 24.2 Å². The van der Waals surface area contributed by atoms with Gasteiger partial charge in [0, 0.05) is 4.47 Å². The molecule has 0 bridgehead atoms. The first kappa shape index (κ1) is 16.0. The maximum absolute atomic E-state index is 12.2. The molecule has 114 valence electrons. The van der Waals surface area contributed by atoms with Crippen molar-refractivity contribution in [3.05, 3.63) is 34.3 Å². The van der Waals surface area contributed by atoms with Crippen molar-refractivity contribution >= 4 is 27.9 Å². The van der Waals surface area contributed by atoms with Crippen molar-refractivity contribution in [2.24, 2.45) is 17.8 Å². The number of carboxylic acid groups (broad SMARTS) is 1. The molecule has 1 aliphatic rings. The van der Waals surface area contributed by atoms with Crippen molar-refractivity contribution in [3.8, 4) is 0 Å². The molecule has 1 aromatic rings. The standard InChI is InChI=1S/C16H19BrO4/c1-9-3-8-12(10-4-6-11(17)7-5-10)14(16(20)21-2)13(9)15(18)19/h4-7,9,12-14H,3,8H2,1-2H3,(H,18,19)/t9-,12-,13-,14-/m1/s1. The predicted octanol–water partition coefficient (Wildman–Crippen LogP) is 3.45. The van der Waals surface area contributed by atoms with Crippen LogP contribution >= 0.6 is 15.9 Å². The third kappa shape index (κ3) is 3.28. The van der Waals surface area contributed by atoms with Crippen LogP contribution in [0.25, 0.3) is 0 Å². The van der Waals surface area contributed by atoms with Crippen LogP contribution in [0.15, 0.2) is 28.7 Å². The van der Waals surface area contributed by atoms with Crippen LogP contribution < -0.4 is 0 Å². The second-order valence-corrected chi connectivity index (χ2v) is 6.54. The van der Waals surface area contributed by atoms with E-state index in [1.807, 2.05) is 31.2 Å². The van der Waals surface area contributed by atoms with E-state index in [0.717, 1.165) is 22.9 Å². The van der Waals surface area contributed by atoms with Gasteiger partial charge in [-0.3, -0.25) is 9.59 Å². The lowest BCUT2D eigenvalue weighted by Crippen LogP contribution is -2.42. The molecule has 0 unspecified atom stereocenters. The Hall–Kier alpha value is -1.36. The van der Waals surface area contributed by atoms with Gasteiger partial charge in [-0.2, -0.15) is 0 Å². The van der Waals surface area contributed by atoms with Gasteiger partial charge >= 0.3 is 11.9 Å². The summed E-state index contributed by atoms with van der Waals surface area (Å²) in [5.74, 6) is -2.81. The molecule has 5 heteroatoms. The van der Waals surface area contributed by atoms with Crippen LogP contribution in [0.1, 0.15) is 31.2 Å². The van der Waals surface area contributed by atoms with Crippen molar-refractivity contribution in [2.45, 2.75) is 25.7 Å². The molecule has 21 heavy (non-hydrogen) atoms. The SMILES string of the molecule is COC(=O)[C@H]1[C@H](C(=O)O)[C@H](C)CC[C@@H]1c1ccc(Br)cc1. The number of ether oxygens (including phenoxy) is 1. The third-order valence-electron chi connectivity index (χ3n) is 4.42. The zero-order valence-corrected chi connectivity index (χ0v) is 13.7. The Morgan fingerprint density at radius 3 is 2.33 bits per heavy atom. The lowest BCUT2D eigenvalue weighted by Gasteiger charge is -2.38. The molecule has 0 spiro atoms. The van der Waals surface area contributed by atoms with Crippen molar-refractivity contribution in [3.63, 3.8) is 0 Å². The first-order valence-electron chi connectivity index (χ1n) is 7.01. The van der Waals surface area contributed by atoms with Crippen LogP contribution in [-0.2, 0) is 14.3 Å². The normalized spacial score (nSPS) is 28.9. The van der Waals surface area contributed by atoms with Gasteiger partial charge in [-0.1, -0.05) is 35.0 Å². The zero-order chi connectivity index (χ0) is 15.6. The summed E-state index contributed by atoms with van der Waals surface area (Å²) in [6.07, 6.45) is 1.59. The van der Waals surface area contributed by atoms with Gasteiger partial charge in [-0.25, -0.2) is 0 Å². The van der Waals surface area contributed by atoms with Gasteiger partial charge in [0.1, 0.15) is 0 Å². The third-order valence-corrected chi connectivity index (χ3v) is 4.95. The molecule has 0 amide bonds. The average Bonchev–Trinajstić information content (AvgIpc) is 2.46. The molecule has 1 aromatic carbocycles. The van der Waals surface area contributed by atoms with Crippen LogP contribution in [0.3, 0.4) is 0 Å². The minimum Gasteiger partial charge on any atom is -0.481 e. The Labute approximate surface area is 132 Å². The second kappa shape index (κ2) is 6.60. The molecule has 1 aliphatic carbocycles. The smallest absolute Gasteiger partial charge is 0.310 e. The molecular formula is C16H19BrO4. The van der Waals surface area contributed by atoms with Crippen molar-refractivity contribution in [1.29, 1.82) is 0 Å². The number of hydrogen-bond acceptors (Lipinski definition) is 3. The Kier molecular flexibility index (Phi) is 5.04. The summed E-state index contributed by atoms with van der Waals surface area (Å²) in [5, 5.41) is 9.52. The lowest BCUT2D eigenvalue weighted by atomic mass is 9.65. The van der Waals surface area contributed by atoms with E-state index >= 15 is 0 Å². The number of carbonyl (C=O) groups excluding carboxylic acids is 1. The minimum absolute atomic E-state index is 0.0294. The van der Waals surface area contributed by atoms with E-state index in [4.69, 9.17) is 4.74 Å². The van der Waals surface area contributed by atoms with Crippen molar-refractivity contribution < 1.29 is 19.4 Å². The fourth-order valence-electron chi connectivity index (χ4n) is 3.33. The molecule has 0 aromatic heterocycles. The highest BCUT2D eigenvalue weighted by Gasteiger charge is 2.46. The molecule has 0 radical (unpaired) electrons. The van der Waals surface area contributed by atoms with Gasteiger partial charge in [-0.15, -0.1) is 0 Å². The summed E-state index contributed by atoms with van der Waals surface area (Å²) >= 11 is 3.39. The fourth-order valence-corrected chi connectivity index (χ4v) is 3.60. The Bertz CT molecular complexity index is 526. The van der Waals surface area contributed by atoms with Crippen LogP contribution in [0, 0.1) is 17.8 Å². The lowest BCUT2D eigenvalue weighted by molar-refractivity contribution is -0.161. The topological polar surface area (TPSA) is 63.6 Å². The number of benzene rings is 1. The number of carbonyl (C=O) groups is 2. The van der Waals surface area contributed by atoms with E-state index in [0.29, 0.717) is 0 Å². The number of hydrogen-bond donors (Lipinski definition) is 1. The maximum Gasteiger partial charge on any atom is 0.310 e. The summed E-state index contributed by atoms with van der Waals surface area (Å²) in [4.78, 5) is 23.8. The molecular weight excluding hydrogens is 336 g/mol. The summed E-state index contributed by atoms with van der Waals surface area (Å²) < 4.78 is 5.84. The van der Waals surface area contributed by atoms with Crippen LogP contribution in [0.4, 0.5) is 0 Å². The van der Waals surface area contributed by atoms with Gasteiger partial charge in [0.05, 0.1) is 18.9 Å². The highest BCUT2D eigenvalue weighted by atomic mass is 79.9. The van der Waals surface area contributed by atoms with Crippen molar-refractivity contribution in [2.75, 3.05) is 7.11 Å². The highest BCUT2D eigenvalue weighted by Crippen LogP contribution is 2.45. The predicted molar refractivity (Wildman–Crippen MR) is 81.9 cm³/mol. The number of esters is 1. The first-order chi connectivity index (χ1) is 9.95. The summed E-state index contributed by atoms with van der Waals surface area (Å²) in [5.41, 5.74) is 0.992. The van der Waals surface area contributed by atoms with Gasteiger partial charge in [0.2, 0.25) is 0 Å². The van der Waals surface area contributed by atoms with E-state index in [1.54, 1.807) is 0 Å². The van der Waals surface area contributed by atoms with Gasteiger partial charge in [0.25, 0.3) is 0 Å². The average molecular weight is 355 g/mol. The van der Waals surface area contributed by atoms with Crippen LogP contribution in [0.2, 0.25) is 0 Å². The molecule has 1 fully saturated rings. The van der Waals surface area contributed by atoms with Gasteiger partial charge < -0.3 is 9.84 Å². The number of halogens is 1. The number of carboxylic acids is 1. The quantitative estimate of drug-likeness (QED) is 0.844. The maximum atomic E-state index is 12.2. The molecule has 4 atom stereocenters. The Morgan fingerprint density at radius 1 is 1.19 bits per heavy atom. The molecule has 0 aliphatic heterocycles. The highest BCUT2D eigenvalue weighted by molar-refractivity contribution is 9.10. The van der Waals surface area contributed by atoms with E-state index in [1.165, 1.54) is 7.11 Å². The van der Waals surface area contributed by atoms with E-state index in [2.05, 4.69) is 15.9 Å². The number of aliphatic carboxylic acids is 1. The van der Waals surface area contributed by atoms with E-state index in [9.17, 15) is 14.7 Å². The number of rotatable bonds is 3. The first-order valence-corrected chi connectivity index (χ1v) is 7.81. The van der Waals surface area contributed by atoms with E-state index in [-0.39, 0.29) is 11.8 Å².